The highest BCUT2D eigenvalue weighted by atomic mass is 32.1. The molecule has 2 aromatic carbocycles. The highest BCUT2D eigenvalue weighted by Crippen LogP contribution is 2.21. The van der Waals surface area contributed by atoms with E-state index < -0.39 is 10.8 Å². The number of thiocarbonyl (C=S) groups is 1. The first kappa shape index (κ1) is 23.1. The van der Waals surface area contributed by atoms with E-state index in [1.54, 1.807) is 6.92 Å². The van der Waals surface area contributed by atoms with Crippen LogP contribution in [0.2, 0.25) is 0 Å². The van der Waals surface area contributed by atoms with E-state index in [1.165, 1.54) is 18.2 Å². The lowest BCUT2D eigenvalue weighted by molar-refractivity contribution is -0.385. The fourth-order valence-electron chi connectivity index (χ4n) is 3.48. The van der Waals surface area contributed by atoms with Gasteiger partial charge in [-0.1, -0.05) is 13.0 Å². The molecule has 32 heavy (non-hydrogen) atoms. The number of hydrogen-bond acceptors (Lipinski definition) is 6. The third kappa shape index (κ3) is 5.58. The van der Waals surface area contributed by atoms with Crippen LogP contribution in [-0.2, 0) is 4.79 Å². The molecular formula is C22H25N5O4S. The van der Waals surface area contributed by atoms with Crippen molar-refractivity contribution in [2.75, 3.05) is 36.4 Å². The Morgan fingerprint density at radius 3 is 2.34 bits per heavy atom. The standard InChI is InChI=1S/C22H25N5O4S/c1-3-20(28)26-12-10-25(11-13-26)18-8-6-17(7-9-18)23-22(32)24-21(29)16-5-4-15(2)19(14-16)27(30)31/h4-9,14H,3,10-13H2,1-2H3,(H2,23,24,29,32). The lowest BCUT2D eigenvalue weighted by Crippen LogP contribution is -2.48. The van der Waals surface area contributed by atoms with E-state index in [-0.39, 0.29) is 22.3 Å². The number of nitrogens with one attached hydrogen (secondary N) is 2. The quantitative estimate of drug-likeness (QED) is 0.405. The largest absolute Gasteiger partial charge is 0.368 e. The SMILES string of the molecule is CCC(=O)N1CCN(c2ccc(NC(=S)NC(=O)c3ccc(C)c([N+](=O)[O-])c3)cc2)CC1. The zero-order chi connectivity index (χ0) is 23.3. The van der Waals surface area contributed by atoms with Crippen LogP contribution in [0.15, 0.2) is 42.5 Å². The van der Waals surface area contributed by atoms with Crippen LogP contribution in [-0.4, -0.2) is 52.9 Å². The predicted octanol–water partition coefficient (Wildman–Crippen LogP) is 3.09. The zero-order valence-corrected chi connectivity index (χ0v) is 18.8. The molecule has 0 unspecified atom stereocenters. The molecule has 0 bridgehead atoms. The second kappa shape index (κ2) is 10.2. The average Bonchev–Trinajstić information content (AvgIpc) is 2.79. The molecule has 0 spiro atoms. The fourth-order valence-corrected chi connectivity index (χ4v) is 3.69. The van der Waals surface area contributed by atoms with Gasteiger partial charge in [0.25, 0.3) is 11.6 Å². The molecule has 10 heteroatoms. The van der Waals surface area contributed by atoms with Gasteiger partial charge in [0.2, 0.25) is 5.91 Å². The summed E-state index contributed by atoms with van der Waals surface area (Å²) in [6, 6.07) is 11.9. The molecular weight excluding hydrogens is 430 g/mol. The molecule has 0 atom stereocenters. The highest BCUT2D eigenvalue weighted by molar-refractivity contribution is 7.80. The van der Waals surface area contributed by atoms with Gasteiger partial charge in [-0.2, -0.15) is 0 Å². The van der Waals surface area contributed by atoms with Crippen LogP contribution in [0.4, 0.5) is 17.1 Å². The molecule has 0 aliphatic carbocycles. The van der Waals surface area contributed by atoms with E-state index in [4.69, 9.17) is 12.2 Å². The van der Waals surface area contributed by atoms with Gasteiger partial charge in [0, 0.05) is 61.2 Å². The van der Waals surface area contributed by atoms with E-state index in [9.17, 15) is 19.7 Å². The van der Waals surface area contributed by atoms with Crippen molar-refractivity contribution in [3.8, 4) is 0 Å². The van der Waals surface area contributed by atoms with E-state index >= 15 is 0 Å². The molecule has 1 fully saturated rings. The van der Waals surface area contributed by atoms with Crippen LogP contribution in [0, 0.1) is 17.0 Å². The third-order valence-electron chi connectivity index (χ3n) is 5.32. The van der Waals surface area contributed by atoms with Gasteiger partial charge in [0.05, 0.1) is 4.92 Å². The number of aryl methyl sites for hydroxylation is 1. The fraction of sp³-hybridized carbons (Fsp3) is 0.318. The van der Waals surface area contributed by atoms with Crippen LogP contribution in [0.5, 0.6) is 0 Å². The number of carbonyl (C=O) groups is 2. The van der Waals surface area contributed by atoms with Crippen molar-refractivity contribution in [3.63, 3.8) is 0 Å². The minimum Gasteiger partial charge on any atom is -0.368 e. The van der Waals surface area contributed by atoms with E-state index in [2.05, 4.69) is 15.5 Å². The van der Waals surface area contributed by atoms with Crippen molar-refractivity contribution in [1.82, 2.24) is 10.2 Å². The molecule has 0 radical (unpaired) electrons. The number of carbonyl (C=O) groups excluding carboxylic acids is 2. The maximum atomic E-state index is 12.4. The third-order valence-corrected chi connectivity index (χ3v) is 5.52. The summed E-state index contributed by atoms with van der Waals surface area (Å²) in [6.45, 7) is 6.45. The molecule has 0 saturated carbocycles. The van der Waals surface area contributed by atoms with Gasteiger partial charge in [-0.3, -0.25) is 25.0 Å². The summed E-state index contributed by atoms with van der Waals surface area (Å²) >= 11 is 5.20. The molecule has 1 aliphatic heterocycles. The number of nitrogens with zero attached hydrogens (tertiary/aromatic N) is 3. The Labute approximate surface area is 191 Å². The first-order valence-electron chi connectivity index (χ1n) is 10.3. The van der Waals surface area contributed by atoms with Crippen LogP contribution >= 0.6 is 12.2 Å². The molecule has 2 aromatic rings. The molecule has 168 valence electrons. The number of anilines is 2. The first-order chi connectivity index (χ1) is 15.3. The summed E-state index contributed by atoms with van der Waals surface area (Å²) in [6.07, 6.45) is 0.525. The summed E-state index contributed by atoms with van der Waals surface area (Å²) < 4.78 is 0. The van der Waals surface area contributed by atoms with Gasteiger partial charge in [-0.25, -0.2) is 0 Å². The van der Waals surface area contributed by atoms with Gasteiger partial charge in [-0.05, 0) is 49.5 Å². The Morgan fingerprint density at radius 1 is 1.09 bits per heavy atom. The van der Waals surface area contributed by atoms with Crippen molar-refractivity contribution >= 4 is 46.2 Å². The monoisotopic (exact) mass is 455 g/mol. The van der Waals surface area contributed by atoms with Crippen LogP contribution in [0.1, 0.15) is 29.3 Å². The lowest BCUT2D eigenvalue weighted by Gasteiger charge is -2.36. The van der Waals surface area contributed by atoms with Crippen LogP contribution < -0.4 is 15.5 Å². The molecule has 1 heterocycles. The van der Waals surface area contributed by atoms with Crippen LogP contribution in [0.3, 0.4) is 0 Å². The number of amides is 2. The van der Waals surface area contributed by atoms with E-state index in [0.29, 0.717) is 30.8 Å². The van der Waals surface area contributed by atoms with Gasteiger partial charge < -0.3 is 15.1 Å². The second-order valence-corrected chi connectivity index (χ2v) is 7.84. The molecule has 9 nitrogen and oxygen atoms in total. The van der Waals surface area contributed by atoms with Crippen molar-refractivity contribution in [1.29, 1.82) is 0 Å². The Kier molecular flexibility index (Phi) is 7.37. The summed E-state index contributed by atoms with van der Waals surface area (Å²) in [5.41, 5.74) is 2.26. The lowest BCUT2D eigenvalue weighted by atomic mass is 10.1. The molecule has 1 saturated heterocycles. The Hall–Kier alpha value is -3.53. The Balaban J connectivity index is 1.55. The molecule has 2 N–H and O–H groups in total. The van der Waals surface area contributed by atoms with E-state index in [1.807, 2.05) is 36.1 Å². The minimum atomic E-state index is -0.526. The molecule has 2 amide bonds. The second-order valence-electron chi connectivity index (χ2n) is 7.43. The smallest absolute Gasteiger partial charge is 0.273 e. The molecule has 1 aliphatic rings. The van der Waals surface area contributed by atoms with Crippen molar-refractivity contribution in [3.05, 3.63) is 63.7 Å². The Morgan fingerprint density at radius 2 is 1.75 bits per heavy atom. The highest BCUT2D eigenvalue weighted by Gasteiger charge is 2.20. The predicted molar refractivity (Wildman–Crippen MR) is 127 cm³/mol. The minimum absolute atomic E-state index is 0.0951. The summed E-state index contributed by atoms with van der Waals surface area (Å²) in [4.78, 5) is 38.9. The maximum Gasteiger partial charge on any atom is 0.273 e. The number of piperazine rings is 1. The summed E-state index contributed by atoms with van der Waals surface area (Å²) in [5, 5.41) is 16.7. The van der Waals surface area contributed by atoms with Crippen molar-refractivity contribution < 1.29 is 14.5 Å². The first-order valence-corrected chi connectivity index (χ1v) is 10.7. The molecule has 3 rings (SSSR count). The van der Waals surface area contributed by atoms with E-state index in [0.717, 1.165) is 18.8 Å². The number of nitro benzene ring substituents is 1. The average molecular weight is 456 g/mol. The van der Waals surface area contributed by atoms with Gasteiger partial charge >= 0.3 is 0 Å². The summed E-state index contributed by atoms with van der Waals surface area (Å²) in [7, 11) is 0. The molecule has 0 aromatic heterocycles. The van der Waals surface area contributed by atoms with Gasteiger partial charge in [0.15, 0.2) is 5.11 Å². The maximum absolute atomic E-state index is 12.4. The van der Waals surface area contributed by atoms with Crippen molar-refractivity contribution in [2.24, 2.45) is 0 Å². The van der Waals surface area contributed by atoms with Gasteiger partial charge in [-0.15, -0.1) is 0 Å². The number of hydrogen-bond donors (Lipinski definition) is 2. The number of nitro groups is 1. The normalized spacial score (nSPS) is 13.4. The van der Waals surface area contributed by atoms with Gasteiger partial charge in [0.1, 0.15) is 0 Å². The summed E-state index contributed by atoms with van der Waals surface area (Å²) in [5.74, 6) is -0.346. The number of rotatable bonds is 5. The van der Waals surface area contributed by atoms with Crippen molar-refractivity contribution in [2.45, 2.75) is 20.3 Å². The van der Waals surface area contributed by atoms with Crippen LogP contribution in [0.25, 0.3) is 0 Å². The Bertz CT molecular complexity index is 1030. The topological polar surface area (TPSA) is 108 Å². The number of benzene rings is 2. The zero-order valence-electron chi connectivity index (χ0n) is 18.0.